The first-order chi connectivity index (χ1) is 10.0. The maximum atomic E-state index is 5.96. The first-order valence-electron chi connectivity index (χ1n) is 7.03. The van der Waals surface area contributed by atoms with Gasteiger partial charge in [-0.2, -0.15) is 0 Å². The van der Waals surface area contributed by atoms with Gasteiger partial charge in [0.05, 0.1) is 0 Å². The molecule has 0 spiro atoms. The van der Waals surface area contributed by atoms with Gasteiger partial charge in [0.25, 0.3) is 0 Å². The van der Waals surface area contributed by atoms with Crippen LogP contribution in [0, 0.1) is 6.92 Å². The van der Waals surface area contributed by atoms with Crippen molar-refractivity contribution in [3.63, 3.8) is 0 Å². The van der Waals surface area contributed by atoms with Gasteiger partial charge in [0.1, 0.15) is 11.6 Å². The van der Waals surface area contributed by atoms with Gasteiger partial charge in [-0.1, -0.05) is 24.6 Å². The van der Waals surface area contributed by atoms with E-state index in [9.17, 15) is 0 Å². The molecule has 0 bridgehead atoms. The molecule has 0 aliphatic heterocycles. The highest BCUT2D eigenvalue weighted by Crippen LogP contribution is 2.22. The van der Waals surface area contributed by atoms with Crippen LogP contribution >= 0.6 is 11.6 Å². The van der Waals surface area contributed by atoms with Crippen molar-refractivity contribution in [1.29, 1.82) is 0 Å². The molecule has 0 fully saturated rings. The Balaban J connectivity index is 2.20. The lowest BCUT2D eigenvalue weighted by atomic mass is 10.1. The van der Waals surface area contributed by atoms with E-state index in [1.807, 2.05) is 55.8 Å². The molecule has 21 heavy (non-hydrogen) atoms. The van der Waals surface area contributed by atoms with Crippen LogP contribution in [0.3, 0.4) is 0 Å². The zero-order valence-corrected chi connectivity index (χ0v) is 13.7. The molecule has 112 valence electrons. The first-order valence-corrected chi connectivity index (χ1v) is 7.41. The molecule has 0 unspecified atom stereocenters. The van der Waals surface area contributed by atoms with Gasteiger partial charge >= 0.3 is 0 Å². The molecule has 0 aliphatic carbocycles. The number of allylic oxidation sites excluding steroid dienone is 1. The summed E-state index contributed by atoms with van der Waals surface area (Å²) in [6.45, 7) is 6.97. The molecule has 0 saturated carbocycles. The number of aromatic nitrogens is 3. The number of benzene rings is 1. The lowest BCUT2D eigenvalue weighted by Crippen LogP contribution is -2.23. The second kappa shape index (κ2) is 6.76. The SMILES string of the molecule is C/C=C/N(C[C@@H](C)c1nnc(C)n1C)c1ccc(Cl)cc1. The molecule has 2 aromatic rings. The Morgan fingerprint density at radius 2 is 1.95 bits per heavy atom. The third-order valence-electron chi connectivity index (χ3n) is 3.52. The second-order valence-electron chi connectivity index (χ2n) is 5.18. The fraction of sp³-hybridized carbons (Fsp3) is 0.375. The summed E-state index contributed by atoms with van der Waals surface area (Å²) in [6.07, 6.45) is 4.10. The van der Waals surface area contributed by atoms with Gasteiger partial charge in [-0.3, -0.25) is 0 Å². The fourth-order valence-electron chi connectivity index (χ4n) is 2.29. The topological polar surface area (TPSA) is 34.0 Å². The molecule has 1 atom stereocenters. The minimum atomic E-state index is 0.267. The number of aryl methyl sites for hydroxylation is 1. The van der Waals surface area contributed by atoms with E-state index in [0.717, 1.165) is 28.9 Å². The fourth-order valence-corrected chi connectivity index (χ4v) is 2.42. The van der Waals surface area contributed by atoms with E-state index < -0.39 is 0 Å². The van der Waals surface area contributed by atoms with Crippen LogP contribution in [0.15, 0.2) is 36.5 Å². The van der Waals surface area contributed by atoms with Crippen molar-refractivity contribution in [1.82, 2.24) is 14.8 Å². The first kappa shape index (κ1) is 15.6. The maximum Gasteiger partial charge on any atom is 0.137 e. The largest absolute Gasteiger partial charge is 0.348 e. The summed E-state index contributed by atoms with van der Waals surface area (Å²) < 4.78 is 2.04. The van der Waals surface area contributed by atoms with Gasteiger partial charge in [0.2, 0.25) is 0 Å². The summed E-state index contributed by atoms with van der Waals surface area (Å²) >= 11 is 5.96. The van der Waals surface area contributed by atoms with E-state index in [2.05, 4.69) is 28.2 Å². The molecule has 2 rings (SSSR count). The van der Waals surface area contributed by atoms with E-state index in [0.29, 0.717) is 0 Å². The summed E-state index contributed by atoms with van der Waals surface area (Å²) in [5.41, 5.74) is 1.11. The van der Waals surface area contributed by atoms with Gasteiger partial charge in [0, 0.05) is 30.2 Å². The highest BCUT2D eigenvalue weighted by molar-refractivity contribution is 6.30. The molecule has 0 N–H and O–H groups in total. The Bertz CT molecular complexity index is 616. The summed E-state index contributed by atoms with van der Waals surface area (Å²) in [7, 11) is 2.00. The number of halogens is 1. The van der Waals surface area contributed by atoms with Gasteiger partial charge in [-0.25, -0.2) is 0 Å². The minimum Gasteiger partial charge on any atom is -0.348 e. The van der Waals surface area contributed by atoms with Gasteiger partial charge < -0.3 is 9.47 Å². The summed E-state index contributed by atoms with van der Waals surface area (Å²) in [4.78, 5) is 2.20. The molecule has 0 amide bonds. The Morgan fingerprint density at radius 3 is 2.48 bits per heavy atom. The van der Waals surface area contributed by atoms with Crippen molar-refractivity contribution >= 4 is 17.3 Å². The lowest BCUT2D eigenvalue weighted by molar-refractivity contribution is 0.651. The molecule has 4 nitrogen and oxygen atoms in total. The van der Waals surface area contributed by atoms with Crippen LogP contribution in [0.1, 0.15) is 31.4 Å². The van der Waals surface area contributed by atoms with Crippen molar-refractivity contribution in [2.45, 2.75) is 26.7 Å². The molecule has 5 heteroatoms. The van der Waals surface area contributed by atoms with E-state index in [1.54, 1.807) is 0 Å². The Labute approximate surface area is 131 Å². The molecule has 0 aliphatic rings. The van der Waals surface area contributed by atoms with Gasteiger partial charge in [-0.15, -0.1) is 10.2 Å². The Hall–Kier alpha value is -1.81. The smallest absolute Gasteiger partial charge is 0.137 e. The van der Waals surface area contributed by atoms with E-state index in [-0.39, 0.29) is 5.92 Å². The summed E-state index contributed by atoms with van der Waals surface area (Å²) in [5.74, 6) is 2.19. The highest BCUT2D eigenvalue weighted by Gasteiger charge is 2.16. The van der Waals surface area contributed by atoms with Crippen molar-refractivity contribution in [2.24, 2.45) is 7.05 Å². The van der Waals surface area contributed by atoms with Crippen LogP contribution in [0.4, 0.5) is 5.69 Å². The van der Waals surface area contributed by atoms with Crippen molar-refractivity contribution < 1.29 is 0 Å². The van der Waals surface area contributed by atoms with Crippen molar-refractivity contribution in [2.75, 3.05) is 11.4 Å². The Kier molecular flexibility index (Phi) is 5.02. The standard InChI is InChI=1S/C16H21ClN4/c1-5-10-21(15-8-6-14(17)7-9-15)11-12(2)16-19-18-13(3)20(16)4/h5-10,12H,11H2,1-4H3/b10-5+/t12-/m1/s1. The molecular formula is C16H21ClN4. The van der Waals surface area contributed by atoms with Crippen molar-refractivity contribution in [3.05, 3.63) is 53.2 Å². The van der Waals surface area contributed by atoms with E-state index in [1.165, 1.54) is 0 Å². The number of anilines is 1. The number of nitrogens with zero attached hydrogens (tertiary/aromatic N) is 4. The minimum absolute atomic E-state index is 0.267. The normalized spacial score (nSPS) is 12.8. The number of hydrogen-bond donors (Lipinski definition) is 0. The average molecular weight is 305 g/mol. The lowest BCUT2D eigenvalue weighted by Gasteiger charge is -2.24. The zero-order valence-electron chi connectivity index (χ0n) is 12.9. The highest BCUT2D eigenvalue weighted by atomic mass is 35.5. The zero-order chi connectivity index (χ0) is 15.4. The van der Waals surface area contributed by atoms with Crippen molar-refractivity contribution in [3.8, 4) is 0 Å². The van der Waals surface area contributed by atoms with Gasteiger partial charge in [-0.05, 0) is 44.3 Å². The number of rotatable bonds is 5. The Morgan fingerprint density at radius 1 is 1.29 bits per heavy atom. The molecular weight excluding hydrogens is 284 g/mol. The van der Waals surface area contributed by atoms with Crippen LogP contribution in [-0.4, -0.2) is 21.3 Å². The quantitative estimate of drug-likeness (QED) is 0.839. The maximum absolute atomic E-state index is 5.96. The van der Waals surface area contributed by atoms with Gasteiger partial charge in [0.15, 0.2) is 0 Å². The summed E-state index contributed by atoms with van der Waals surface area (Å²) in [6, 6.07) is 7.86. The van der Waals surface area contributed by atoms with E-state index in [4.69, 9.17) is 11.6 Å². The van der Waals surface area contributed by atoms with Crippen LogP contribution in [0.25, 0.3) is 0 Å². The predicted octanol–water partition coefficient (Wildman–Crippen LogP) is 3.92. The average Bonchev–Trinajstić information content (AvgIpc) is 2.79. The predicted molar refractivity (Wildman–Crippen MR) is 87.8 cm³/mol. The third kappa shape index (κ3) is 3.64. The van der Waals surface area contributed by atoms with Crippen LogP contribution in [0.2, 0.25) is 5.02 Å². The number of hydrogen-bond acceptors (Lipinski definition) is 3. The van der Waals surface area contributed by atoms with Crippen LogP contribution in [0.5, 0.6) is 0 Å². The monoisotopic (exact) mass is 304 g/mol. The third-order valence-corrected chi connectivity index (χ3v) is 3.78. The molecule has 1 aromatic heterocycles. The molecule has 1 heterocycles. The molecule has 0 saturated heterocycles. The molecule has 0 radical (unpaired) electrons. The van der Waals surface area contributed by atoms with Crippen LogP contribution in [-0.2, 0) is 7.05 Å². The van der Waals surface area contributed by atoms with E-state index >= 15 is 0 Å². The van der Waals surface area contributed by atoms with Crippen LogP contribution < -0.4 is 4.90 Å². The second-order valence-corrected chi connectivity index (χ2v) is 5.61. The summed E-state index contributed by atoms with van der Waals surface area (Å²) in [5, 5.41) is 9.16. The molecule has 1 aromatic carbocycles.